The number of anilines is 6. The summed E-state index contributed by atoms with van der Waals surface area (Å²) in [7, 11) is 0. The smallest absolute Gasteiger partial charge is 0.137 e. The van der Waals surface area contributed by atoms with E-state index in [4.69, 9.17) is 8.83 Å². The molecule has 0 atom stereocenters. The molecule has 0 unspecified atom stereocenters. The van der Waals surface area contributed by atoms with Crippen LogP contribution in [0.4, 0.5) is 34.1 Å². The molecule has 0 spiro atoms. The molecule has 0 saturated carbocycles. The molecule has 0 radical (unpaired) electrons. The molecule has 14 rings (SSSR count). The van der Waals surface area contributed by atoms with Crippen molar-refractivity contribution in [2.45, 2.75) is 0 Å². The molecule has 0 saturated heterocycles. The largest absolute Gasteiger partial charge is 0.456 e. The summed E-state index contributed by atoms with van der Waals surface area (Å²) in [4.78, 5) is 4.84. The normalized spacial score (nSPS) is 11.7. The Morgan fingerprint density at radius 3 is 1.27 bits per heavy atom. The van der Waals surface area contributed by atoms with Crippen LogP contribution in [-0.4, -0.2) is 0 Å². The predicted octanol–water partition coefficient (Wildman–Crippen LogP) is 19.2. The highest BCUT2D eigenvalue weighted by Gasteiger charge is 2.25. The van der Waals surface area contributed by atoms with Gasteiger partial charge in [0.1, 0.15) is 22.3 Å². The monoisotopic (exact) mass is 894 g/mol. The van der Waals surface area contributed by atoms with Crippen LogP contribution in [0.25, 0.3) is 98.4 Å². The van der Waals surface area contributed by atoms with E-state index in [-0.39, 0.29) is 0 Å². The summed E-state index contributed by atoms with van der Waals surface area (Å²) < 4.78 is 13.2. The van der Waals surface area contributed by atoms with Crippen molar-refractivity contribution in [3.05, 3.63) is 255 Å². The first-order chi connectivity index (χ1) is 34.7. The quantitative estimate of drug-likeness (QED) is 0.152. The van der Waals surface area contributed by atoms with Crippen LogP contribution in [0.2, 0.25) is 0 Å². The lowest BCUT2D eigenvalue weighted by Gasteiger charge is -2.31. The average molecular weight is 895 g/mol. The van der Waals surface area contributed by atoms with Crippen molar-refractivity contribution in [2.24, 2.45) is 0 Å². The van der Waals surface area contributed by atoms with Crippen LogP contribution in [0.1, 0.15) is 0 Å². The van der Waals surface area contributed by atoms with Gasteiger partial charge in [0, 0.05) is 67.1 Å². The van der Waals surface area contributed by atoms with E-state index < -0.39 is 0 Å². The summed E-state index contributed by atoms with van der Waals surface area (Å²) in [5.41, 5.74) is 14.1. The molecule has 0 aliphatic heterocycles. The fraction of sp³-hybridized carbons (Fsp3) is 0. The van der Waals surface area contributed by atoms with Gasteiger partial charge in [-0.05, 0) is 111 Å². The van der Waals surface area contributed by atoms with Gasteiger partial charge in [-0.2, -0.15) is 0 Å². The van der Waals surface area contributed by atoms with Crippen LogP contribution in [0.15, 0.2) is 264 Å². The molecule has 0 fully saturated rings. The molecule has 12 aromatic carbocycles. The van der Waals surface area contributed by atoms with Gasteiger partial charge in [-0.15, -0.1) is 0 Å². The van der Waals surface area contributed by atoms with Crippen molar-refractivity contribution in [3.63, 3.8) is 0 Å². The lowest BCUT2D eigenvalue weighted by molar-refractivity contribution is 0.668. The van der Waals surface area contributed by atoms with Crippen LogP contribution >= 0.6 is 0 Å². The van der Waals surface area contributed by atoms with Crippen molar-refractivity contribution in [1.82, 2.24) is 0 Å². The molecule has 0 aliphatic carbocycles. The number of fused-ring (bicyclic) bond motifs is 9. The minimum atomic E-state index is 0.840. The zero-order valence-corrected chi connectivity index (χ0v) is 38.0. The number of rotatable bonds is 8. The maximum absolute atomic E-state index is 6.61. The van der Waals surface area contributed by atoms with E-state index in [9.17, 15) is 0 Å². The third-order valence-corrected chi connectivity index (χ3v) is 14.0. The molecule has 2 aromatic heterocycles. The van der Waals surface area contributed by atoms with E-state index in [1.54, 1.807) is 0 Å². The van der Waals surface area contributed by atoms with Gasteiger partial charge in [-0.25, -0.2) is 0 Å². The van der Waals surface area contributed by atoms with E-state index in [1.807, 2.05) is 24.3 Å². The van der Waals surface area contributed by atoms with E-state index in [0.717, 1.165) is 127 Å². The Morgan fingerprint density at radius 2 is 0.686 bits per heavy atom. The Kier molecular flexibility index (Phi) is 9.17. The van der Waals surface area contributed by atoms with Gasteiger partial charge in [0.25, 0.3) is 0 Å². The van der Waals surface area contributed by atoms with Crippen molar-refractivity contribution < 1.29 is 8.83 Å². The van der Waals surface area contributed by atoms with Gasteiger partial charge in [0.2, 0.25) is 0 Å². The van der Waals surface area contributed by atoms with Gasteiger partial charge < -0.3 is 18.6 Å². The number of hydrogen-bond acceptors (Lipinski definition) is 4. The fourth-order valence-electron chi connectivity index (χ4n) is 10.8. The summed E-state index contributed by atoms with van der Waals surface area (Å²) in [6.45, 7) is 0. The van der Waals surface area contributed by atoms with Crippen LogP contribution < -0.4 is 9.80 Å². The summed E-state index contributed by atoms with van der Waals surface area (Å²) >= 11 is 0. The van der Waals surface area contributed by atoms with Crippen molar-refractivity contribution in [2.75, 3.05) is 9.80 Å². The molecular weight excluding hydrogens is 853 g/mol. The first-order valence-corrected chi connectivity index (χ1v) is 23.8. The van der Waals surface area contributed by atoms with E-state index in [2.05, 4.69) is 240 Å². The fourth-order valence-corrected chi connectivity index (χ4v) is 10.8. The predicted molar refractivity (Wildman–Crippen MR) is 294 cm³/mol. The average Bonchev–Trinajstić information content (AvgIpc) is 3.99. The van der Waals surface area contributed by atoms with Gasteiger partial charge in [-0.3, -0.25) is 0 Å². The highest BCUT2D eigenvalue weighted by Crippen LogP contribution is 2.50. The minimum absolute atomic E-state index is 0.840. The van der Waals surface area contributed by atoms with E-state index in [1.165, 1.54) is 5.39 Å². The van der Waals surface area contributed by atoms with Crippen LogP contribution in [0.3, 0.4) is 0 Å². The lowest BCUT2D eigenvalue weighted by atomic mass is 9.91. The topological polar surface area (TPSA) is 32.8 Å². The molecule has 0 N–H and O–H groups in total. The maximum atomic E-state index is 6.61. The summed E-state index contributed by atoms with van der Waals surface area (Å²) in [6, 6.07) is 91.6. The van der Waals surface area contributed by atoms with Gasteiger partial charge in [0.05, 0.1) is 17.1 Å². The molecular formula is C66H42N2O2. The minimum Gasteiger partial charge on any atom is -0.456 e. The molecule has 4 nitrogen and oxygen atoms in total. The van der Waals surface area contributed by atoms with Crippen molar-refractivity contribution >= 4 is 110 Å². The third-order valence-electron chi connectivity index (χ3n) is 14.0. The van der Waals surface area contributed by atoms with Gasteiger partial charge in [0.15, 0.2) is 0 Å². The standard InChI is InChI=1S/C66H42N2O2/c1-3-17-45(18-4-1)57-39-50(67(60-29-15-23-43-21-7-9-25-51(43)60)48-33-35-55-53-27-11-13-31-63(53)69-65(55)40-48)37-47-38-62(59(42-58(47)57)46-19-5-2-6-20-46)68(61-30-16-24-44-22-8-10-26-52(44)61)49-34-36-56-54-28-12-14-32-64(54)70-66(56)41-49/h1-42H. The van der Waals surface area contributed by atoms with Gasteiger partial charge >= 0.3 is 0 Å². The number of para-hydroxylation sites is 2. The second-order valence-electron chi connectivity index (χ2n) is 18.0. The van der Waals surface area contributed by atoms with Crippen LogP contribution in [0, 0.1) is 0 Å². The third kappa shape index (κ3) is 6.53. The molecule has 0 amide bonds. The second kappa shape index (κ2) is 16.2. The van der Waals surface area contributed by atoms with E-state index >= 15 is 0 Å². The zero-order chi connectivity index (χ0) is 46.1. The molecule has 70 heavy (non-hydrogen) atoms. The Morgan fingerprint density at radius 1 is 0.229 bits per heavy atom. The molecule has 328 valence electrons. The lowest BCUT2D eigenvalue weighted by Crippen LogP contribution is -2.13. The summed E-state index contributed by atoms with van der Waals surface area (Å²) in [6.07, 6.45) is 0. The number of nitrogens with zero attached hydrogens (tertiary/aromatic N) is 2. The number of furan rings is 2. The number of benzene rings is 12. The van der Waals surface area contributed by atoms with Crippen LogP contribution in [-0.2, 0) is 0 Å². The zero-order valence-electron chi connectivity index (χ0n) is 38.0. The van der Waals surface area contributed by atoms with Crippen LogP contribution in [0.5, 0.6) is 0 Å². The number of hydrogen-bond donors (Lipinski definition) is 0. The van der Waals surface area contributed by atoms with Crippen molar-refractivity contribution in [3.8, 4) is 22.3 Å². The summed E-state index contributed by atoms with van der Waals surface area (Å²) in [5, 5.41) is 11.3. The van der Waals surface area contributed by atoms with Gasteiger partial charge in [-0.1, -0.05) is 170 Å². The molecule has 0 aliphatic rings. The Bertz CT molecular complexity index is 4310. The Labute approximate surface area is 404 Å². The summed E-state index contributed by atoms with van der Waals surface area (Å²) in [5.74, 6) is 0. The van der Waals surface area contributed by atoms with E-state index in [0.29, 0.717) is 0 Å². The molecule has 14 aromatic rings. The molecule has 2 heterocycles. The first-order valence-electron chi connectivity index (χ1n) is 23.8. The highest BCUT2D eigenvalue weighted by molar-refractivity contribution is 6.12. The first kappa shape index (κ1) is 39.8. The van der Waals surface area contributed by atoms with Crippen molar-refractivity contribution in [1.29, 1.82) is 0 Å². The second-order valence-corrected chi connectivity index (χ2v) is 18.0. The Balaban J connectivity index is 1.08. The SMILES string of the molecule is c1ccc(-c2cc3c(-c4ccccc4)cc(N(c4ccc5c(c4)oc4ccccc45)c4cccc5ccccc45)cc3cc2N(c2ccc3c(c2)oc2ccccc23)c2cccc3ccccc23)cc1. The Hall–Kier alpha value is -9.38. The highest BCUT2D eigenvalue weighted by atomic mass is 16.3. The maximum Gasteiger partial charge on any atom is 0.137 e. The molecule has 0 bridgehead atoms. The molecule has 4 heteroatoms.